The van der Waals surface area contributed by atoms with E-state index in [1.54, 1.807) is 0 Å². The van der Waals surface area contributed by atoms with Crippen LogP contribution in [0.3, 0.4) is 0 Å². The molecule has 0 amide bonds. The van der Waals surface area contributed by atoms with E-state index in [-0.39, 0.29) is 17.6 Å². The van der Waals surface area contributed by atoms with E-state index in [9.17, 15) is 0 Å². The van der Waals surface area contributed by atoms with Crippen LogP contribution < -0.4 is 5.73 Å². The third-order valence-electron chi connectivity index (χ3n) is 3.26. The van der Waals surface area contributed by atoms with Crippen LogP contribution in [0.2, 0.25) is 0 Å². The Morgan fingerprint density at radius 1 is 1.36 bits per heavy atom. The van der Waals surface area contributed by atoms with Gasteiger partial charge in [-0.15, -0.1) is 0 Å². The molecule has 1 atom stereocenters. The molecule has 0 aromatic heterocycles. The second kappa shape index (κ2) is 2.19. The van der Waals surface area contributed by atoms with Crippen LogP contribution in [0.25, 0.3) is 0 Å². The molecule has 1 unspecified atom stereocenters. The van der Waals surface area contributed by atoms with E-state index in [1.165, 1.54) is 0 Å². The molecule has 0 aromatic carbocycles. The molecule has 0 radical (unpaired) electrons. The highest BCUT2D eigenvalue weighted by molar-refractivity contribution is 5.12. The molecule has 3 nitrogen and oxygen atoms in total. The predicted octanol–water partition coefficient (Wildman–Crippen LogP) is -0.123. The fourth-order valence-corrected chi connectivity index (χ4v) is 1.97. The lowest BCUT2D eigenvalue weighted by atomic mass is 9.78. The monoisotopic (exact) mass is 157 g/mol. The summed E-state index contributed by atoms with van der Waals surface area (Å²) in [5, 5.41) is 9.15. The summed E-state index contributed by atoms with van der Waals surface area (Å²) < 4.78 is 5.35. The van der Waals surface area contributed by atoms with Crippen LogP contribution >= 0.6 is 0 Å². The van der Waals surface area contributed by atoms with Gasteiger partial charge >= 0.3 is 0 Å². The molecule has 2 fully saturated rings. The Hall–Kier alpha value is -0.120. The topological polar surface area (TPSA) is 55.5 Å². The molecule has 3 heteroatoms. The number of hydrogen-bond acceptors (Lipinski definition) is 3. The fourth-order valence-electron chi connectivity index (χ4n) is 1.97. The molecule has 0 bridgehead atoms. The van der Waals surface area contributed by atoms with Crippen LogP contribution in [-0.4, -0.2) is 30.5 Å². The van der Waals surface area contributed by atoms with E-state index in [0.29, 0.717) is 6.61 Å². The Balaban J connectivity index is 2.15. The van der Waals surface area contributed by atoms with Gasteiger partial charge in [-0.2, -0.15) is 0 Å². The van der Waals surface area contributed by atoms with Crippen molar-refractivity contribution in [3.63, 3.8) is 0 Å². The first kappa shape index (κ1) is 7.53. The van der Waals surface area contributed by atoms with E-state index in [4.69, 9.17) is 15.6 Å². The zero-order chi connectivity index (χ0) is 7.95. The molecule has 1 saturated carbocycles. The molecule has 64 valence electrons. The van der Waals surface area contributed by atoms with Crippen molar-refractivity contribution in [2.24, 2.45) is 11.1 Å². The van der Waals surface area contributed by atoms with Crippen molar-refractivity contribution in [1.29, 1.82) is 0 Å². The Kier molecular flexibility index (Phi) is 1.50. The first-order chi connectivity index (χ1) is 5.22. The number of aliphatic hydroxyl groups excluding tert-OH is 1. The molecular weight excluding hydrogens is 142 g/mol. The highest BCUT2D eigenvalue weighted by Gasteiger charge is 2.58. The minimum absolute atomic E-state index is 0.107. The van der Waals surface area contributed by atoms with Crippen molar-refractivity contribution < 1.29 is 9.84 Å². The van der Waals surface area contributed by atoms with Gasteiger partial charge in [0.25, 0.3) is 0 Å². The standard InChI is InChI=1S/C8H15NO2/c9-8(5-10)3-4-11-6-7(8)1-2-7/h10H,1-6,9H2. The molecule has 1 aliphatic heterocycles. The van der Waals surface area contributed by atoms with Crippen LogP contribution in [-0.2, 0) is 4.74 Å². The Morgan fingerprint density at radius 3 is 2.55 bits per heavy atom. The highest BCUT2D eigenvalue weighted by Crippen LogP contribution is 2.55. The lowest BCUT2D eigenvalue weighted by molar-refractivity contribution is -0.0335. The fraction of sp³-hybridized carbons (Fsp3) is 1.00. The third-order valence-corrected chi connectivity index (χ3v) is 3.26. The van der Waals surface area contributed by atoms with E-state index in [0.717, 1.165) is 25.9 Å². The molecule has 0 aromatic rings. The SMILES string of the molecule is NC1(CO)CCOCC12CC2. The second-order valence-electron chi connectivity index (χ2n) is 3.90. The molecule has 3 N–H and O–H groups in total. The largest absolute Gasteiger partial charge is 0.394 e. The molecule has 2 aliphatic rings. The van der Waals surface area contributed by atoms with Crippen molar-refractivity contribution in [3.05, 3.63) is 0 Å². The van der Waals surface area contributed by atoms with Gasteiger partial charge in [-0.1, -0.05) is 0 Å². The Bertz CT molecular complexity index is 167. The summed E-state index contributed by atoms with van der Waals surface area (Å²) in [5.41, 5.74) is 5.87. The Labute approximate surface area is 66.5 Å². The smallest absolute Gasteiger partial charge is 0.0618 e. The molecule has 2 rings (SSSR count). The van der Waals surface area contributed by atoms with Crippen LogP contribution in [0.4, 0.5) is 0 Å². The van der Waals surface area contributed by atoms with Crippen molar-refractivity contribution in [2.75, 3.05) is 19.8 Å². The van der Waals surface area contributed by atoms with Gasteiger partial charge in [-0.05, 0) is 19.3 Å². The van der Waals surface area contributed by atoms with Gasteiger partial charge in [-0.3, -0.25) is 0 Å². The van der Waals surface area contributed by atoms with Crippen molar-refractivity contribution in [3.8, 4) is 0 Å². The van der Waals surface area contributed by atoms with Crippen molar-refractivity contribution in [1.82, 2.24) is 0 Å². The van der Waals surface area contributed by atoms with Gasteiger partial charge in [0.1, 0.15) is 0 Å². The quantitative estimate of drug-likeness (QED) is 0.558. The maximum absolute atomic E-state index is 9.15. The minimum atomic E-state index is -0.342. The summed E-state index contributed by atoms with van der Waals surface area (Å²) in [6, 6.07) is 0. The molecular formula is C8H15NO2. The summed E-state index contributed by atoms with van der Waals surface area (Å²) in [6.07, 6.45) is 3.07. The maximum Gasteiger partial charge on any atom is 0.0618 e. The lowest BCUT2D eigenvalue weighted by Gasteiger charge is -2.40. The first-order valence-electron chi connectivity index (χ1n) is 4.20. The number of ether oxygens (including phenoxy) is 1. The number of rotatable bonds is 1. The van der Waals surface area contributed by atoms with Crippen LogP contribution in [0.15, 0.2) is 0 Å². The summed E-state index contributed by atoms with van der Waals surface area (Å²) in [7, 11) is 0. The summed E-state index contributed by atoms with van der Waals surface area (Å²) in [4.78, 5) is 0. The first-order valence-corrected chi connectivity index (χ1v) is 4.20. The average Bonchev–Trinajstić information content (AvgIpc) is 2.78. The van der Waals surface area contributed by atoms with Gasteiger partial charge in [-0.25, -0.2) is 0 Å². The van der Waals surface area contributed by atoms with Crippen molar-refractivity contribution in [2.45, 2.75) is 24.8 Å². The predicted molar refractivity (Wildman–Crippen MR) is 41.1 cm³/mol. The maximum atomic E-state index is 9.15. The zero-order valence-electron chi connectivity index (χ0n) is 6.68. The van der Waals surface area contributed by atoms with Gasteiger partial charge in [0, 0.05) is 17.6 Å². The van der Waals surface area contributed by atoms with Gasteiger partial charge in [0.15, 0.2) is 0 Å². The van der Waals surface area contributed by atoms with E-state index in [1.807, 2.05) is 0 Å². The van der Waals surface area contributed by atoms with Gasteiger partial charge < -0.3 is 15.6 Å². The van der Waals surface area contributed by atoms with Crippen LogP contribution in [0.1, 0.15) is 19.3 Å². The van der Waals surface area contributed by atoms with Crippen LogP contribution in [0.5, 0.6) is 0 Å². The van der Waals surface area contributed by atoms with E-state index < -0.39 is 0 Å². The molecule has 1 saturated heterocycles. The summed E-state index contributed by atoms with van der Waals surface area (Å²) >= 11 is 0. The van der Waals surface area contributed by atoms with Crippen LogP contribution in [0, 0.1) is 5.41 Å². The van der Waals surface area contributed by atoms with E-state index in [2.05, 4.69) is 0 Å². The van der Waals surface area contributed by atoms with Crippen molar-refractivity contribution >= 4 is 0 Å². The highest BCUT2D eigenvalue weighted by atomic mass is 16.5. The number of hydrogen-bond donors (Lipinski definition) is 2. The van der Waals surface area contributed by atoms with E-state index >= 15 is 0 Å². The summed E-state index contributed by atoms with van der Waals surface area (Å²) in [5.74, 6) is 0. The number of nitrogens with two attached hydrogens (primary N) is 1. The molecule has 1 aliphatic carbocycles. The molecule has 1 spiro atoms. The Morgan fingerprint density at radius 2 is 2.09 bits per heavy atom. The number of aliphatic hydroxyl groups is 1. The summed E-state index contributed by atoms with van der Waals surface area (Å²) in [6.45, 7) is 1.57. The second-order valence-corrected chi connectivity index (χ2v) is 3.90. The molecule has 11 heavy (non-hydrogen) atoms. The minimum Gasteiger partial charge on any atom is -0.394 e. The average molecular weight is 157 g/mol. The van der Waals surface area contributed by atoms with Gasteiger partial charge in [0.2, 0.25) is 0 Å². The molecule has 1 heterocycles. The normalized spacial score (nSPS) is 40.9. The third kappa shape index (κ3) is 0.916. The zero-order valence-corrected chi connectivity index (χ0v) is 6.68. The van der Waals surface area contributed by atoms with Gasteiger partial charge in [0.05, 0.1) is 13.2 Å². The lowest BCUT2D eigenvalue weighted by Crippen LogP contribution is -2.57.